The monoisotopic (exact) mass is 307 g/mol. The first-order valence-corrected chi connectivity index (χ1v) is 6.98. The van der Waals surface area contributed by atoms with Crippen molar-refractivity contribution in [3.8, 4) is 0 Å². The van der Waals surface area contributed by atoms with E-state index in [1.54, 1.807) is 13.0 Å². The van der Waals surface area contributed by atoms with Crippen molar-refractivity contribution < 1.29 is 13.9 Å². The maximum atomic E-state index is 11.6. The van der Waals surface area contributed by atoms with Crippen LogP contribution in [0.25, 0.3) is 0 Å². The van der Waals surface area contributed by atoms with Gasteiger partial charge in [-0.1, -0.05) is 29.8 Å². The van der Waals surface area contributed by atoms with Crippen LogP contribution in [0.3, 0.4) is 0 Å². The Labute approximate surface area is 129 Å². The lowest BCUT2D eigenvalue weighted by molar-refractivity contribution is 0.0599. The average molecular weight is 308 g/mol. The molecule has 112 valence electrons. The number of benzene rings is 1. The van der Waals surface area contributed by atoms with Crippen molar-refractivity contribution in [3.05, 3.63) is 58.0 Å². The van der Waals surface area contributed by atoms with Crippen molar-refractivity contribution in [1.29, 1.82) is 0 Å². The van der Waals surface area contributed by atoms with Crippen molar-refractivity contribution >= 4 is 17.6 Å². The Kier molecular flexibility index (Phi) is 5.04. The van der Waals surface area contributed by atoms with Gasteiger partial charge in [-0.05, 0) is 31.7 Å². The number of carbonyl (C=O) groups excluding carboxylic acids is 1. The molecule has 0 bridgehead atoms. The summed E-state index contributed by atoms with van der Waals surface area (Å²) < 4.78 is 10.3. The number of aryl methyl sites for hydroxylation is 1. The van der Waals surface area contributed by atoms with E-state index < -0.39 is 0 Å². The van der Waals surface area contributed by atoms with Crippen LogP contribution in [0.2, 0.25) is 5.02 Å². The van der Waals surface area contributed by atoms with Crippen molar-refractivity contribution in [3.63, 3.8) is 0 Å². The van der Waals surface area contributed by atoms with Crippen LogP contribution in [-0.2, 0) is 17.8 Å². The van der Waals surface area contributed by atoms with E-state index in [9.17, 15) is 4.79 Å². The van der Waals surface area contributed by atoms with Crippen LogP contribution in [-0.4, -0.2) is 25.0 Å². The van der Waals surface area contributed by atoms with Gasteiger partial charge < -0.3 is 9.15 Å². The maximum Gasteiger partial charge on any atom is 0.341 e. The average Bonchev–Trinajstić information content (AvgIpc) is 2.81. The molecule has 0 aliphatic heterocycles. The number of methoxy groups -OCH3 is 1. The number of esters is 1. The summed E-state index contributed by atoms with van der Waals surface area (Å²) in [7, 11) is 3.33. The Morgan fingerprint density at radius 1 is 1.33 bits per heavy atom. The lowest BCUT2D eigenvalue weighted by Gasteiger charge is -2.15. The van der Waals surface area contributed by atoms with Gasteiger partial charge in [0.2, 0.25) is 0 Å². The molecule has 2 rings (SSSR count). The highest BCUT2D eigenvalue weighted by Crippen LogP contribution is 2.20. The van der Waals surface area contributed by atoms with Crippen molar-refractivity contribution in [2.24, 2.45) is 0 Å². The molecule has 0 atom stereocenters. The van der Waals surface area contributed by atoms with Gasteiger partial charge in [-0.15, -0.1) is 0 Å². The van der Waals surface area contributed by atoms with E-state index in [4.69, 9.17) is 20.8 Å². The van der Waals surface area contributed by atoms with Crippen molar-refractivity contribution in [2.75, 3.05) is 14.2 Å². The highest BCUT2D eigenvalue weighted by Gasteiger charge is 2.16. The number of nitrogens with zero attached hydrogens (tertiary/aromatic N) is 1. The van der Waals surface area contributed by atoms with E-state index in [1.807, 2.05) is 31.3 Å². The zero-order valence-electron chi connectivity index (χ0n) is 12.4. The van der Waals surface area contributed by atoms with Crippen LogP contribution in [0.4, 0.5) is 0 Å². The molecule has 0 amide bonds. The fraction of sp³-hybridized carbons (Fsp3) is 0.312. The van der Waals surface area contributed by atoms with E-state index >= 15 is 0 Å². The summed E-state index contributed by atoms with van der Waals surface area (Å²) in [4.78, 5) is 13.6. The number of rotatable bonds is 5. The minimum Gasteiger partial charge on any atom is -0.465 e. The van der Waals surface area contributed by atoms with Crippen LogP contribution in [0.5, 0.6) is 0 Å². The van der Waals surface area contributed by atoms with E-state index in [-0.39, 0.29) is 5.97 Å². The second-order valence-electron chi connectivity index (χ2n) is 4.94. The number of carbonyl (C=O) groups is 1. The molecule has 0 unspecified atom stereocenters. The fourth-order valence-corrected chi connectivity index (χ4v) is 2.37. The minimum absolute atomic E-state index is 0.378. The second-order valence-corrected chi connectivity index (χ2v) is 5.35. The highest BCUT2D eigenvalue weighted by atomic mass is 35.5. The molecule has 5 heteroatoms. The molecular formula is C16H18ClNO3. The summed E-state index contributed by atoms with van der Waals surface area (Å²) in [5.74, 6) is 0.918. The fourth-order valence-electron chi connectivity index (χ4n) is 2.17. The van der Waals surface area contributed by atoms with Gasteiger partial charge in [0.25, 0.3) is 0 Å². The summed E-state index contributed by atoms with van der Waals surface area (Å²) in [5.41, 5.74) is 1.52. The smallest absolute Gasteiger partial charge is 0.341 e. The molecule has 1 aromatic heterocycles. The standard InChI is InChI=1S/C16H18ClNO3/c1-11-14(16(19)20-3)8-13(21-11)10-18(2)9-12-6-4-5-7-15(12)17/h4-8H,9-10H2,1-3H3. The summed E-state index contributed by atoms with van der Waals surface area (Å²) in [6, 6.07) is 9.46. The number of ether oxygens (including phenoxy) is 1. The quantitative estimate of drug-likeness (QED) is 0.791. The van der Waals surface area contributed by atoms with Gasteiger partial charge in [0.15, 0.2) is 0 Å². The van der Waals surface area contributed by atoms with Gasteiger partial charge in [-0.25, -0.2) is 4.79 Å². The summed E-state index contributed by atoms with van der Waals surface area (Å²) in [5, 5.41) is 0.746. The Balaban J connectivity index is 2.05. The number of hydrogen-bond donors (Lipinski definition) is 0. The van der Waals surface area contributed by atoms with Gasteiger partial charge in [0.1, 0.15) is 17.1 Å². The van der Waals surface area contributed by atoms with E-state index in [0.717, 1.165) is 16.3 Å². The molecule has 0 spiro atoms. The third kappa shape index (κ3) is 3.86. The normalized spacial score (nSPS) is 10.9. The lowest BCUT2D eigenvalue weighted by Crippen LogP contribution is -2.17. The van der Waals surface area contributed by atoms with Crippen molar-refractivity contribution in [2.45, 2.75) is 20.0 Å². The molecule has 0 saturated carbocycles. The Morgan fingerprint density at radius 2 is 2.05 bits per heavy atom. The Morgan fingerprint density at radius 3 is 2.71 bits per heavy atom. The molecule has 1 aromatic carbocycles. The lowest BCUT2D eigenvalue weighted by atomic mass is 10.2. The summed E-state index contributed by atoms with van der Waals surface area (Å²) in [6.07, 6.45) is 0. The van der Waals surface area contributed by atoms with Gasteiger partial charge in [0.05, 0.1) is 13.7 Å². The zero-order chi connectivity index (χ0) is 15.4. The van der Waals surface area contributed by atoms with Crippen LogP contribution < -0.4 is 0 Å². The topological polar surface area (TPSA) is 42.7 Å². The van der Waals surface area contributed by atoms with Crippen LogP contribution in [0.15, 0.2) is 34.7 Å². The van der Waals surface area contributed by atoms with Gasteiger partial charge in [-0.2, -0.15) is 0 Å². The predicted octanol–water partition coefficient (Wildman–Crippen LogP) is 3.66. The SMILES string of the molecule is COC(=O)c1cc(CN(C)Cc2ccccc2Cl)oc1C. The molecule has 0 radical (unpaired) electrons. The molecule has 0 fully saturated rings. The van der Waals surface area contributed by atoms with E-state index in [1.165, 1.54) is 7.11 Å². The molecular weight excluding hydrogens is 290 g/mol. The molecule has 4 nitrogen and oxygen atoms in total. The first kappa shape index (κ1) is 15.6. The van der Waals surface area contributed by atoms with Crippen LogP contribution in [0, 0.1) is 6.92 Å². The number of furan rings is 1. The van der Waals surface area contributed by atoms with Crippen LogP contribution in [0.1, 0.15) is 27.4 Å². The first-order chi connectivity index (χ1) is 10.0. The summed E-state index contributed by atoms with van der Waals surface area (Å²) in [6.45, 7) is 3.04. The summed E-state index contributed by atoms with van der Waals surface area (Å²) >= 11 is 6.15. The molecule has 0 aliphatic rings. The van der Waals surface area contributed by atoms with E-state index in [2.05, 4.69) is 4.90 Å². The van der Waals surface area contributed by atoms with Gasteiger partial charge in [-0.3, -0.25) is 4.90 Å². The molecule has 0 saturated heterocycles. The van der Waals surface area contributed by atoms with Gasteiger partial charge in [0, 0.05) is 11.6 Å². The number of hydrogen-bond acceptors (Lipinski definition) is 4. The molecule has 0 aliphatic carbocycles. The first-order valence-electron chi connectivity index (χ1n) is 6.61. The molecule has 2 aromatic rings. The largest absolute Gasteiger partial charge is 0.465 e. The third-order valence-corrected chi connectivity index (χ3v) is 3.57. The molecule has 0 N–H and O–H groups in total. The van der Waals surface area contributed by atoms with Crippen molar-refractivity contribution in [1.82, 2.24) is 4.90 Å². The van der Waals surface area contributed by atoms with Gasteiger partial charge >= 0.3 is 5.97 Å². The Hall–Kier alpha value is -1.78. The third-order valence-electron chi connectivity index (χ3n) is 3.20. The second kappa shape index (κ2) is 6.78. The maximum absolute atomic E-state index is 11.6. The van der Waals surface area contributed by atoms with Crippen LogP contribution >= 0.6 is 11.6 Å². The van der Waals surface area contributed by atoms with E-state index in [0.29, 0.717) is 24.4 Å². The molecule has 1 heterocycles. The zero-order valence-corrected chi connectivity index (χ0v) is 13.1. The Bertz CT molecular complexity index is 636. The highest BCUT2D eigenvalue weighted by molar-refractivity contribution is 6.31. The molecule has 21 heavy (non-hydrogen) atoms. The minimum atomic E-state index is -0.378. The number of halogens is 1. The predicted molar refractivity (Wildman–Crippen MR) is 81.4 cm³/mol.